The van der Waals surface area contributed by atoms with Gasteiger partial charge in [-0.15, -0.1) is 36.2 Å². The van der Waals surface area contributed by atoms with Gasteiger partial charge in [-0.25, -0.2) is 4.98 Å². The van der Waals surface area contributed by atoms with E-state index in [1.807, 2.05) is 10.3 Å². The van der Waals surface area contributed by atoms with E-state index in [1.54, 1.807) is 18.6 Å². The summed E-state index contributed by atoms with van der Waals surface area (Å²) in [7, 11) is 0. The van der Waals surface area contributed by atoms with E-state index >= 15 is 0 Å². The summed E-state index contributed by atoms with van der Waals surface area (Å²) in [5.41, 5.74) is 7.62. The van der Waals surface area contributed by atoms with Gasteiger partial charge in [0.1, 0.15) is 10.7 Å². The normalized spacial score (nSPS) is 18.8. The molecule has 1 atom stereocenters. The third kappa shape index (κ3) is 5.10. The van der Waals surface area contributed by atoms with E-state index in [0.717, 1.165) is 29.4 Å². The Kier molecular flexibility index (Phi) is 7.74. The van der Waals surface area contributed by atoms with Crippen LogP contribution < -0.4 is 5.73 Å². The third-order valence-electron chi connectivity index (χ3n) is 4.33. The summed E-state index contributed by atoms with van der Waals surface area (Å²) in [6, 6.07) is 0.147. The van der Waals surface area contributed by atoms with Gasteiger partial charge < -0.3 is 10.6 Å². The Labute approximate surface area is 164 Å². The van der Waals surface area contributed by atoms with E-state index in [-0.39, 0.29) is 42.2 Å². The van der Waals surface area contributed by atoms with Gasteiger partial charge in [0, 0.05) is 36.9 Å². The number of halogens is 2. The van der Waals surface area contributed by atoms with Crippen LogP contribution in [0.4, 0.5) is 0 Å². The molecule has 0 aromatic carbocycles. The molecule has 2 aromatic heterocycles. The maximum Gasteiger partial charge on any atom is 0.228 e. The maximum absolute atomic E-state index is 12.5. The van der Waals surface area contributed by atoms with E-state index in [9.17, 15) is 4.79 Å². The molecule has 1 fully saturated rings. The fraction of sp³-hybridized carbons (Fsp3) is 0.500. The lowest BCUT2D eigenvalue weighted by molar-refractivity contribution is -0.133. The van der Waals surface area contributed by atoms with Crippen LogP contribution in [0.15, 0.2) is 24.0 Å². The summed E-state index contributed by atoms with van der Waals surface area (Å²) in [5, 5.41) is 2.71. The first-order valence-electron chi connectivity index (χ1n) is 7.70. The SMILES string of the molecule is CC1(C)CN(C(=O)Cc2csc(-c3cnccn3)n2)CCC1N.Cl.Cl. The fourth-order valence-corrected chi connectivity index (χ4v) is 3.55. The molecule has 1 aliphatic rings. The second kappa shape index (κ2) is 8.89. The van der Waals surface area contributed by atoms with Crippen molar-refractivity contribution in [1.82, 2.24) is 19.9 Å². The van der Waals surface area contributed by atoms with E-state index in [1.165, 1.54) is 11.3 Å². The second-order valence-corrected chi connectivity index (χ2v) is 7.47. The first-order valence-corrected chi connectivity index (χ1v) is 8.58. The second-order valence-electron chi connectivity index (χ2n) is 6.61. The summed E-state index contributed by atoms with van der Waals surface area (Å²) < 4.78 is 0. The lowest BCUT2D eigenvalue weighted by Gasteiger charge is -2.42. The van der Waals surface area contributed by atoms with Crippen LogP contribution >= 0.6 is 36.2 Å². The number of nitrogens with zero attached hydrogens (tertiary/aromatic N) is 4. The van der Waals surface area contributed by atoms with Crippen LogP contribution in [0.25, 0.3) is 10.7 Å². The summed E-state index contributed by atoms with van der Waals surface area (Å²) in [4.78, 5) is 27.2. The first kappa shape index (κ1) is 21.8. The van der Waals surface area contributed by atoms with Crippen molar-refractivity contribution in [2.24, 2.45) is 11.1 Å². The average Bonchev–Trinajstić information content (AvgIpc) is 2.99. The van der Waals surface area contributed by atoms with E-state index < -0.39 is 0 Å². The van der Waals surface area contributed by atoms with E-state index in [0.29, 0.717) is 13.0 Å². The van der Waals surface area contributed by atoms with Crippen molar-refractivity contribution in [1.29, 1.82) is 0 Å². The van der Waals surface area contributed by atoms with Crippen LogP contribution in [0, 0.1) is 5.41 Å². The number of carbonyl (C=O) groups is 1. The van der Waals surface area contributed by atoms with Crippen molar-refractivity contribution in [2.45, 2.75) is 32.7 Å². The van der Waals surface area contributed by atoms with Crippen LogP contribution in [-0.2, 0) is 11.2 Å². The molecule has 0 aliphatic carbocycles. The van der Waals surface area contributed by atoms with Crippen molar-refractivity contribution in [2.75, 3.05) is 13.1 Å². The first-order chi connectivity index (χ1) is 11.0. The molecule has 2 N–H and O–H groups in total. The zero-order valence-corrected chi connectivity index (χ0v) is 16.7. The third-order valence-corrected chi connectivity index (χ3v) is 5.24. The number of rotatable bonds is 3. The molecule has 9 heteroatoms. The number of hydrogen-bond donors (Lipinski definition) is 1. The molecule has 2 aromatic rings. The number of hydrogen-bond acceptors (Lipinski definition) is 6. The zero-order valence-electron chi connectivity index (χ0n) is 14.2. The van der Waals surface area contributed by atoms with Gasteiger partial charge in [-0.05, 0) is 11.8 Å². The van der Waals surface area contributed by atoms with Gasteiger partial charge in [-0.3, -0.25) is 14.8 Å². The quantitative estimate of drug-likeness (QED) is 0.850. The molecular formula is C16H23Cl2N5OS. The molecule has 0 radical (unpaired) electrons. The molecule has 138 valence electrons. The highest BCUT2D eigenvalue weighted by molar-refractivity contribution is 7.13. The predicted octanol–water partition coefficient (Wildman–Crippen LogP) is 2.57. The van der Waals surface area contributed by atoms with Crippen LogP contribution in [0.3, 0.4) is 0 Å². The topological polar surface area (TPSA) is 85.0 Å². The largest absolute Gasteiger partial charge is 0.342 e. The van der Waals surface area contributed by atoms with Crippen LogP contribution in [-0.4, -0.2) is 44.9 Å². The number of aromatic nitrogens is 3. The maximum atomic E-state index is 12.5. The Morgan fingerprint density at radius 1 is 1.40 bits per heavy atom. The van der Waals surface area contributed by atoms with Gasteiger partial charge in [0.15, 0.2) is 0 Å². The molecule has 3 rings (SSSR count). The van der Waals surface area contributed by atoms with Gasteiger partial charge in [0.05, 0.1) is 18.3 Å². The zero-order chi connectivity index (χ0) is 16.4. The van der Waals surface area contributed by atoms with Crippen LogP contribution in [0.2, 0.25) is 0 Å². The molecule has 3 heterocycles. The molecule has 0 bridgehead atoms. The lowest BCUT2D eigenvalue weighted by Crippen LogP contribution is -2.54. The molecule has 1 unspecified atom stereocenters. The van der Waals surface area contributed by atoms with Crippen molar-refractivity contribution < 1.29 is 4.79 Å². The lowest BCUT2D eigenvalue weighted by atomic mass is 9.79. The number of thiazole rings is 1. The van der Waals surface area contributed by atoms with Crippen molar-refractivity contribution in [3.63, 3.8) is 0 Å². The molecule has 0 spiro atoms. The average molecular weight is 404 g/mol. The fourth-order valence-electron chi connectivity index (χ4n) is 2.77. The molecule has 1 aliphatic heterocycles. The molecule has 1 saturated heterocycles. The number of amides is 1. The smallest absolute Gasteiger partial charge is 0.228 e. The molecule has 0 saturated carbocycles. The minimum atomic E-state index is -0.0409. The minimum absolute atomic E-state index is 0. The van der Waals surface area contributed by atoms with Gasteiger partial charge in [0.25, 0.3) is 0 Å². The van der Waals surface area contributed by atoms with Crippen LogP contribution in [0.1, 0.15) is 26.0 Å². The predicted molar refractivity (Wildman–Crippen MR) is 104 cm³/mol. The summed E-state index contributed by atoms with van der Waals surface area (Å²) in [5.74, 6) is 0.112. The van der Waals surface area contributed by atoms with Crippen molar-refractivity contribution in [3.05, 3.63) is 29.7 Å². The number of likely N-dealkylation sites (tertiary alicyclic amines) is 1. The molecule has 1 amide bonds. The Morgan fingerprint density at radius 3 is 2.80 bits per heavy atom. The van der Waals surface area contributed by atoms with E-state index in [2.05, 4.69) is 28.8 Å². The highest BCUT2D eigenvalue weighted by atomic mass is 35.5. The molecule has 6 nitrogen and oxygen atoms in total. The monoisotopic (exact) mass is 403 g/mol. The van der Waals surface area contributed by atoms with Crippen LogP contribution in [0.5, 0.6) is 0 Å². The Morgan fingerprint density at radius 2 is 2.16 bits per heavy atom. The Hall–Kier alpha value is -1.28. The Balaban J connectivity index is 0.00000156. The summed E-state index contributed by atoms with van der Waals surface area (Å²) >= 11 is 1.49. The van der Waals surface area contributed by atoms with Gasteiger partial charge >= 0.3 is 0 Å². The van der Waals surface area contributed by atoms with Crippen molar-refractivity contribution in [3.8, 4) is 10.7 Å². The molecule has 25 heavy (non-hydrogen) atoms. The van der Waals surface area contributed by atoms with Gasteiger partial charge in [-0.2, -0.15) is 0 Å². The number of piperidine rings is 1. The van der Waals surface area contributed by atoms with Gasteiger partial charge in [0.2, 0.25) is 5.91 Å². The summed E-state index contributed by atoms with van der Waals surface area (Å²) in [6.07, 6.45) is 6.12. The van der Waals surface area contributed by atoms with Gasteiger partial charge in [-0.1, -0.05) is 13.8 Å². The standard InChI is InChI=1S/C16H21N5OS.2ClH/c1-16(2)10-21(6-3-13(16)17)14(22)7-11-9-23-15(20-11)12-8-18-4-5-19-12;;/h4-5,8-9,13H,3,6-7,10,17H2,1-2H3;2*1H. The highest BCUT2D eigenvalue weighted by Gasteiger charge is 2.35. The number of carbonyl (C=O) groups excluding carboxylic acids is 1. The van der Waals surface area contributed by atoms with E-state index in [4.69, 9.17) is 5.73 Å². The highest BCUT2D eigenvalue weighted by Crippen LogP contribution is 2.28. The summed E-state index contributed by atoms with van der Waals surface area (Å²) in [6.45, 7) is 5.66. The number of nitrogens with two attached hydrogens (primary N) is 1. The Bertz CT molecular complexity index is 695. The molecular weight excluding hydrogens is 381 g/mol. The minimum Gasteiger partial charge on any atom is -0.342 e. The van der Waals surface area contributed by atoms with Crippen molar-refractivity contribution >= 4 is 42.1 Å².